The number of ether oxygens (including phenoxy) is 1. The van der Waals surface area contributed by atoms with Crippen molar-refractivity contribution in [2.45, 2.75) is 0 Å². The highest BCUT2D eigenvalue weighted by molar-refractivity contribution is 5.96. The van der Waals surface area contributed by atoms with Crippen LogP contribution in [0.2, 0.25) is 0 Å². The Morgan fingerprint density at radius 3 is 3.00 bits per heavy atom. The smallest absolute Gasteiger partial charge is 0.252 e. The molecule has 1 aromatic rings. The summed E-state index contributed by atoms with van der Waals surface area (Å²) >= 11 is 0. The van der Waals surface area contributed by atoms with Crippen molar-refractivity contribution in [3.05, 3.63) is 29.6 Å². The van der Waals surface area contributed by atoms with Crippen LogP contribution in [0, 0.1) is 11.8 Å². The van der Waals surface area contributed by atoms with Crippen molar-refractivity contribution in [3.63, 3.8) is 0 Å². The topological polar surface area (TPSA) is 80.5 Å². The van der Waals surface area contributed by atoms with E-state index in [4.69, 9.17) is 10.5 Å². The van der Waals surface area contributed by atoms with Crippen molar-refractivity contribution in [1.29, 1.82) is 0 Å². The van der Waals surface area contributed by atoms with E-state index in [1.54, 1.807) is 18.5 Å². The molecule has 0 unspecified atom stereocenters. The zero-order chi connectivity index (χ0) is 15.5. The molecule has 0 aliphatic heterocycles. The Balaban J connectivity index is 2.42. The second-order valence-electron chi connectivity index (χ2n) is 4.60. The van der Waals surface area contributed by atoms with Crippen LogP contribution in [0.4, 0.5) is 0 Å². The van der Waals surface area contributed by atoms with Gasteiger partial charge in [0, 0.05) is 25.5 Å². The minimum Gasteiger partial charge on any atom is -0.378 e. The molecule has 1 rings (SSSR count). The summed E-state index contributed by atoms with van der Waals surface area (Å²) in [7, 11) is 3.97. The van der Waals surface area contributed by atoms with E-state index in [0.29, 0.717) is 30.9 Å². The number of pyridine rings is 1. The molecule has 6 nitrogen and oxygen atoms in total. The lowest BCUT2D eigenvalue weighted by Crippen LogP contribution is -2.29. The van der Waals surface area contributed by atoms with Gasteiger partial charge in [0.2, 0.25) is 0 Å². The molecule has 3 N–H and O–H groups in total. The van der Waals surface area contributed by atoms with Crippen molar-refractivity contribution < 1.29 is 9.53 Å². The van der Waals surface area contributed by atoms with Crippen LogP contribution in [0.1, 0.15) is 15.9 Å². The highest BCUT2D eigenvalue weighted by Gasteiger charge is 2.09. The maximum atomic E-state index is 12.1. The quantitative estimate of drug-likeness (QED) is 0.532. The first-order valence-electron chi connectivity index (χ1n) is 6.78. The predicted molar refractivity (Wildman–Crippen MR) is 81.9 cm³/mol. The first kappa shape index (κ1) is 17.1. The first-order valence-corrected chi connectivity index (χ1v) is 6.78. The summed E-state index contributed by atoms with van der Waals surface area (Å²) in [6.45, 7) is 2.69. The van der Waals surface area contributed by atoms with Gasteiger partial charge in [-0.25, -0.2) is 0 Å². The molecule has 1 aromatic heterocycles. The van der Waals surface area contributed by atoms with Gasteiger partial charge in [-0.05, 0) is 20.2 Å². The number of hydrogen-bond acceptors (Lipinski definition) is 5. The van der Waals surface area contributed by atoms with E-state index >= 15 is 0 Å². The van der Waals surface area contributed by atoms with Crippen LogP contribution < -0.4 is 11.1 Å². The minimum atomic E-state index is -0.185. The molecular formula is C15H22N4O2. The Morgan fingerprint density at radius 1 is 1.48 bits per heavy atom. The van der Waals surface area contributed by atoms with E-state index in [9.17, 15) is 4.79 Å². The van der Waals surface area contributed by atoms with Gasteiger partial charge in [0.25, 0.3) is 5.91 Å². The lowest BCUT2D eigenvalue weighted by atomic mass is 10.1. The van der Waals surface area contributed by atoms with E-state index in [1.807, 2.05) is 19.0 Å². The fourth-order valence-electron chi connectivity index (χ4n) is 1.52. The third-order valence-corrected chi connectivity index (χ3v) is 2.61. The summed E-state index contributed by atoms with van der Waals surface area (Å²) in [4.78, 5) is 18.1. The number of amides is 1. The fourth-order valence-corrected chi connectivity index (χ4v) is 1.52. The summed E-state index contributed by atoms with van der Waals surface area (Å²) in [5.41, 5.74) is 6.41. The SMILES string of the molecule is CN(C)CCOCCNC(=O)c1ccncc1C#CCN. The van der Waals surface area contributed by atoms with Gasteiger partial charge in [-0.1, -0.05) is 11.8 Å². The van der Waals surface area contributed by atoms with Gasteiger partial charge in [0.05, 0.1) is 30.9 Å². The highest BCUT2D eigenvalue weighted by Crippen LogP contribution is 2.04. The standard InChI is InChI=1S/C15H22N4O2/c1-19(2)9-11-21-10-8-18-15(20)14-5-7-17-12-13(14)4-3-6-16/h5,7,12H,6,8-11,16H2,1-2H3,(H,18,20). The van der Waals surface area contributed by atoms with Crippen LogP contribution in [-0.2, 0) is 4.74 Å². The monoisotopic (exact) mass is 290 g/mol. The molecule has 1 heterocycles. The summed E-state index contributed by atoms with van der Waals surface area (Å²) in [6.07, 6.45) is 3.13. The predicted octanol–water partition coefficient (Wildman–Crippen LogP) is -0.300. The number of rotatable bonds is 7. The van der Waals surface area contributed by atoms with Crippen LogP contribution in [0.3, 0.4) is 0 Å². The van der Waals surface area contributed by atoms with Crippen molar-refractivity contribution >= 4 is 5.91 Å². The number of likely N-dealkylation sites (N-methyl/N-ethyl adjacent to an activating group) is 1. The number of hydrogen-bond donors (Lipinski definition) is 2. The van der Waals surface area contributed by atoms with Crippen LogP contribution in [0.15, 0.2) is 18.5 Å². The van der Waals surface area contributed by atoms with Gasteiger partial charge >= 0.3 is 0 Å². The van der Waals surface area contributed by atoms with Crippen molar-refractivity contribution in [2.75, 3.05) is 46.9 Å². The Bertz CT molecular complexity index is 506. The molecule has 1 amide bonds. The second-order valence-corrected chi connectivity index (χ2v) is 4.60. The third kappa shape index (κ3) is 6.86. The molecule has 0 aliphatic carbocycles. The molecule has 21 heavy (non-hydrogen) atoms. The summed E-state index contributed by atoms with van der Waals surface area (Å²) in [5.74, 6) is 5.38. The minimum absolute atomic E-state index is 0.185. The molecule has 0 radical (unpaired) electrons. The van der Waals surface area contributed by atoms with Gasteiger partial charge in [0.15, 0.2) is 0 Å². The van der Waals surface area contributed by atoms with E-state index in [2.05, 4.69) is 22.1 Å². The molecule has 0 aromatic carbocycles. The van der Waals surface area contributed by atoms with Gasteiger partial charge in [-0.3, -0.25) is 9.78 Å². The number of carbonyl (C=O) groups excluding carboxylic acids is 1. The molecule has 0 saturated heterocycles. The molecule has 114 valence electrons. The Labute approximate surface area is 125 Å². The third-order valence-electron chi connectivity index (χ3n) is 2.61. The lowest BCUT2D eigenvalue weighted by Gasteiger charge is -2.10. The molecule has 0 saturated carbocycles. The van der Waals surface area contributed by atoms with Gasteiger partial charge < -0.3 is 20.7 Å². The second kappa shape index (κ2) is 9.88. The number of nitrogens with one attached hydrogen (secondary N) is 1. The number of aromatic nitrogens is 1. The average Bonchev–Trinajstić information content (AvgIpc) is 2.48. The summed E-state index contributed by atoms with van der Waals surface area (Å²) in [5, 5.41) is 2.80. The van der Waals surface area contributed by atoms with Crippen LogP contribution in [0.25, 0.3) is 0 Å². The van der Waals surface area contributed by atoms with E-state index in [0.717, 1.165) is 6.54 Å². The molecular weight excluding hydrogens is 268 g/mol. The van der Waals surface area contributed by atoms with Crippen molar-refractivity contribution in [1.82, 2.24) is 15.2 Å². The van der Waals surface area contributed by atoms with Gasteiger partial charge in [-0.15, -0.1) is 0 Å². The Morgan fingerprint density at radius 2 is 2.29 bits per heavy atom. The first-order chi connectivity index (χ1) is 10.1. The normalized spacial score (nSPS) is 10.1. The Hall–Kier alpha value is -1.94. The molecule has 0 aliphatic rings. The Kier molecular flexibility index (Phi) is 8.05. The van der Waals surface area contributed by atoms with Crippen molar-refractivity contribution in [2.24, 2.45) is 5.73 Å². The molecule has 0 spiro atoms. The van der Waals surface area contributed by atoms with E-state index in [1.165, 1.54) is 0 Å². The van der Waals surface area contributed by atoms with Crippen LogP contribution >= 0.6 is 0 Å². The van der Waals surface area contributed by atoms with Gasteiger partial charge in [-0.2, -0.15) is 0 Å². The highest BCUT2D eigenvalue weighted by atomic mass is 16.5. The largest absolute Gasteiger partial charge is 0.378 e. The summed E-state index contributed by atoms with van der Waals surface area (Å²) < 4.78 is 5.41. The van der Waals surface area contributed by atoms with E-state index in [-0.39, 0.29) is 12.5 Å². The van der Waals surface area contributed by atoms with Gasteiger partial charge in [0.1, 0.15) is 0 Å². The molecule has 0 bridgehead atoms. The number of nitrogens with two attached hydrogens (primary N) is 1. The number of nitrogens with zero attached hydrogens (tertiary/aromatic N) is 2. The zero-order valence-electron chi connectivity index (χ0n) is 12.6. The maximum absolute atomic E-state index is 12.1. The van der Waals surface area contributed by atoms with Crippen molar-refractivity contribution in [3.8, 4) is 11.8 Å². The molecule has 0 atom stereocenters. The summed E-state index contributed by atoms with van der Waals surface area (Å²) in [6, 6.07) is 1.64. The number of carbonyl (C=O) groups is 1. The average molecular weight is 290 g/mol. The zero-order valence-corrected chi connectivity index (χ0v) is 12.6. The molecule has 0 fully saturated rings. The fraction of sp³-hybridized carbons (Fsp3) is 0.467. The maximum Gasteiger partial charge on any atom is 0.252 e. The lowest BCUT2D eigenvalue weighted by molar-refractivity contribution is 0.0900. The van der Waals surface area contributed by atoms with Crippen LogP contribution in [0.5, 0.6) is 0 Å². The van der Waals surface area contributed by atoms with Crippen LogP contribution in [-0.4, -0.2) is 62.7 Å². The molecule has 6 heteroatoms. The van der Waals surface area contributed by atoms with E-state index < -0.39 is 0 Å².